The standard InChI is InChI=1S/C15H15NO2/c1-17-14-9-5-3-7-12(14)15-16-13-8-4-2-6-11(13)10-18-15/h2-9,15-16H,10H2,1H3. The molecule has 3 rings (SSSR count). The molecule has 1 heterocycles. The molecule has 0 bridgehead atoms. The number of para-hydroxylation sites is 2. The van der Waals surface area contributed by atoms with Gasteiger partial charge >= 0.3 is 0 Å². The Hall–Kier alpha value is -2.00. The molecule has 0 amide bonds. The van der Waals surface area contributed by atoms with Crippen LogP contribution in [0.5, 0.6) is 5.75 Å². The predicted molar refractivity (Wildman–Crippen MR) is 70.6 cm³/mol. The number of ether oxygens (including phenoxy) is 2. The minimum Gasteiger partial charge on any atom is -0.496 e. The smallest absolute Gasteiger partial charge is 0.158 e. The summed E-state index contributed by atoms with van der Waals surface area (Å²) in [5.41, 5.74) is 3.33. The number of hydrogen-bond donors (Lipinski definition) is 1. The molecule has 0 spiro atoms. The van der Waals surface area contributed by atoms with E-state index in [2.05, 4.69) is 17.4 Å². The van der Waals surface area contributed by atoms with Crippen molar-refractivity contribution in [3.63, 3.8) is 0 Å². The van der Waals surface area contributed by atoms with Crippen molar-refractivity contribution < 1.29 is 9.47 Å². The Kier molecular flexibility index (Phi) is 2.90. The summed E-state index contributed by atoms with van der Waals surface area (Å²) < 4.78 is 11.2. The largest absolute Gasteiger partial charge is 0.496 e. The fourth-order valence-electron chi connectivity index (χ4n) is 2.19. The molecule has 0 aliphatic carbocycles. The van der Waals surface area contributed by atoms with Crippen LogP contribution in [0.3, 0.4) is 0 Å². The lowest BCUT2D eigenvalue weighted by Gasteiger charge is -2.28. The number of nitrogens with one attached hydrogen (secondary N) is 1. The van der Waals surface area contributed by atoms with Crippen LogP contribution in [0, 0.1) is 0 Å². The summed E-state index contributed by atoms with van der Waals surface area (Å²) in [6.07, 6.45) is -0.156. The molecule has 0 saturated heterocycles. The quantitative estimate of drug-likeness (QED) is 0.874. The fraction of sp³-hybridized carbons (Fsp3) is 0.200. The van der Waals surface area contributed by atoms with Crippen molar-refractivity contribution in [3.05, 3.63) is 59.7 Å². The van der Waals surface area contributed by atoms with Gasteiger partial charge in [-0.05, 0) is 12.1 Å². The van der Waals surface area contributed by atoms with Crippen LogP contribution in [0.15, 0.2) is 48.5 Å². The fourth-order valence-corrected chi connectivity index (χ4v) is 2.19. The zero-order valence-corrected chi connectivity index (χ0v) is 10.2. The second kappa shape index (κ2) is 4.70. The highest BCUT2D eigenvalue weighted by Gasteiger charge is 2.21. The summed E-state index contributed by atoms with van der Waals surface area (Å²) in [6.45, 7) is 0.617. The molecule has 0 radical (unpaired) electrons. The van der Waals surface area contributed by atoms with Crippen LogP contribution in [0.4, 0.5) is 5.69 Å². The van der Waals surface area contributed by atoms with Gasteiger partial charge in [0, 0.05) is 16.8 Å². The van der Waals surface area contributed by atoms with Crippen molar-refractivity contribution in [2.75, 3.05) is 12.4 Å². The molecular weight excluding hydrogens is 226 g/mol. The second-order valence-corrected chi connectivity index (χ2v) is 4.23. The molecule has 3 nitrogen and oxygen atoms in total. The number of rotatable bonds is 2. The van der Waals surface area contributed by atoms with E-state index in [4.69, 9.17) is 9.47 Å². The van der Waals surface area contributed by atoms with Gasteiger partial charge in [0.05, 0.1) is 13.7 Å². The molecule has 3 heteroatoms. The van der Waals surface area contributed by atoms with Gasteiger partial charge < -0.3 is 14.8 Å². The number of anilines is 1. The number of hydrogen-bond acceptors (Lipinski definition) is 3. The summed E-state index contributed by atoms with van der Waals surface area (Å²) in [5, 5.41) is 3.39. The lowest BCUT2D eigenvalue weighted by molar-refractivity contribution is 0.0491. The number of benzene rings is 2. The summed E-state index contributed by atoms with van der Waals surface area (Å²) in [5.74, 6) is 0.842. The third kappa shape index (κ3) is 1.93. The van der Waals surface area contributed by atoms with Crippen molar-refractivity contribution >= 4 is 5.69 Å². The van der Waals surface area contributed by atoms with Gasteiger partial charge in [0.15, 0.2) is 6.23 Å². The lowest BCUT2D eigenvalue weighted by Crippen LogP contribution is -2.20. The van der Waals surface area contributed by atoms with E-state index in [0.29, 0.717) is 6.61 Å². The lowest BCUT2D eigenvalue weighted by atomic mass is 10.1. The molecule has 0 saturated carbocycles. The molecular formula is C15H15NO2. The van der Waals surface area contributed by atoms with E-state index in [-0.39, 0.29) is 6.23 Å². The molecule has 2 aromatic rings. The van der Waals surface area contributed by atoms with E-state index in [1.54, 1.807) is 7.11 Å². The van der Waals surface area contributed by atoms with Crippen LogP contribution < -0.4 is 10.1 Å². The monoisotopic (exact) mass is 241 g/mol. The first kappa shape index (κ1) is 11.1. The average Bonchev–Trinajstić information content (AvgIpc) is 2.46. The Balaban J connectivity index is 1.92. The second-order valence-electron chi connectivity index (χ2n) is 4.23. The SMILES string of the molecule is COc1ccccc1C1Nc2ccccc2CO1. The van der Waals surface area contributed by atoms with Crippen LogP contribution in [0.1, 0.15) is 17.4 Å². The first-order valence-corrected chi connectivity index (χ1v) is 5.97. The van der Waals surface area contributed by atoms with Gasteiger partial charge in [-0.2, -0.15) is 0 Å². The van der Waals surface area contributed by atoms with Gasteiger partial charge in [-0.1, -0.05) is 36.4 Å². The van der Waals surface area contributed by atoms with Crippen molar-refractivity contribution in [1.82, 2.24) is 0 Å². The van der Waals surface area contributed by atoms with E-state index in [1.807, 2.05) is 36.4 Å². The Bertz CT molecular complexity index is 554. The summed E-state index contributed by atoms with van der Waals surface area (Å²) in [6, 6.07) is 16.1. The van der Waals surface area contributed by atoms with Gasteiger partial charge in [0.2, 0.25) is 0 Å². The van der Waals surface area contributed by atoms with Gasteiger partial charge in [-0.15, -0.1) is 0 Å². The van der Waals surface area contributed by atoms with Gasteiger partial charge in [0.25, 0.3) is 0 Å². The number of methoxy groups -OCH3 is 1. The number of fused-ring (bicyclic) bond motifs is 1. The summed E-state index contributed by atoms with van der Waals surface area (Å²) >= 11 is 0. The van der Waals surface area contributed by atoms with Crippen molar-refractivity contribution in [3.8, 4) is 5.75 Å². The Morgan fingerprint density at radius 3 is 2.78 bits per heavy atom. The van der Waals surface area contributed by atoms with Gasteiger partial charge in [-0.25, -0.2) is 0 Å². The molecule has 2 aromatic carbocycles. The Morgan fingerprint density at radius 2 is 1.89 bits per heavy atom. The highest BCUT2D eigenvalue weighted by Crippen LogP contribution is 2.34. The van der Waals surface area contributed by atoms with Gasteiger partial charge in [-0.3, -0.25) is 0 Å². The van der Waals surface area contributed by atoms with Crippen LogP contribution in [0.25, 0.3) is 0 Å². The zero-order chi connectivity index (χ0) is 12.4. The van der Waals surface area contributed by atoms with Crippen LogP contribution in [0.2, 0.25) is 0 Å². The van der Waals surface area contributed by atoms with E-state index in [0.717, 1.165) is 17.0 Å². The first-order chi connectivity index (χ1) is 8.88. The highest BCUT2D eigenvalue weighted by atomic mass is 16.5. The first-order valence-electron chi connectivity index (χ1n) is 5.97. The third-order valence-corrected chi connectivity index (χ3v) is 3.13. The Morgan fingerprint density at radius 1 is 1.11 bits per heavy atom. The highest BCUT2D eigenvalue weighted by molar-refractivity contribution is 5.54. The van der Waals surface area contributed by atoms with E-state index < -0.39 is 0 Å². The molecule has 1 unspecified atom stereocenters. The van der Waals surface area contributed by atoms with E-state index in [1.165, 1.54) is 5.56 Å². The van der Waals surface area contributed by atoms with Crippen molar-refractivity contribution in [2.24, 2.45) is 0 Å². The van der Waals surface area contributed by atoms with Crippen LogP contribution >= 0.6 is 0 Å². The molecule has 1 aliphatic rings. The molecule has 1 atom stereocenters. The minimum atomic E-state index is -0.156. The summed E-state index contributed by atoms with van der Waals surface area (Å²) in [4.78, 5) is 0. The predicted octanol–water partition coefficient (Wildman–Crippen LogP) is 3.34. The molecule has 18 heavy (non-hydrogen) atoms. The zero-order valence-electron chi connectivity index (χ0n) is 10.2. The molecule has 92 valence electrons. The topological polar surface area (TPSA) is 30.5 Å². The maximum atomic E-state index is 5.84. The minimum absolute atomic E-state index is 0.156. The molecule has 1 N–H and O–H groups in total. The van der Waals surface area contributed by atoms with Gasteiger partial charge in [0.1, 0.15) is 5.75 Å². The molecule has 1 aliphatic heterocycles. The van der Waals surface area contributed by atoms with E-state index >= 15 is 0 Å². The van der Waals surface area contributed by atoms with Crippen LogP contribution in [-0.4, -0.2) is 7.11 Å². The van der Waals surface area contributed by atoms with E-state index in [9.17, 15) is 0 Å². The normalized spacial score (nSPS) is 17.7. The molecule has 0 fully saturated rings. The Labute approximate surface area is 106 Å². The average molecular weight is 241 g/mol. The van der Waals surface area contributed by atoms with Crippen molar-refractivity contribution in [1.29, 1.82) is 0 Å². The molecule has 0 aromatic heterocycles. The van der Waals surface area contributed by atoms with Crippen molar-refractivity contribution in [2.45, 2.75) is 12.8 Å². The maximum Gasteiger partial charge on any atom is 0.158 e. The third-order valence-electron chi connectivity index (χ3n) is 3.13. The summed E-state index contributed by atoms with van der Waals surface area (Å²) in [7, 11) is 1.68. The maximum absolute atomic E-state index is 5.84. The van der Waals surface area contributed by atoms with Crippen LogP contribution in [-0.2, 0) is 11.3 Å².